The molecule has 7 nitrogen and oxygen atoms in total. The van der Waals surface area contributed by atoms with Crippen LogP contribution in [0.5, 0.6) is 0 Å². The Morgan fingerprint density at radius 1 is 0.909 bits per heavy atom. The maximum Gasteiger partial charge on any atom is 1.00 e. The van der Waals surface area contributed by atoms with Gasteiger partial charge in [0.1, 0.15) is 5.92 Å². The number of benzene rings is 2. The molecule has 0 aromatic heterocycles. The van der Waals surface area contributed by atoms with E-state index in [1.54, 1.807) is 36.4 Å². The van der Waals surface area contributed by atoms with Gasteiger partial charge in [0.25, 0.3) is 0 Å². The first-order valence-corrected chi connectivity index (χ1v) is 9.06. The van der Waals surface area contributed by atoms with Crippen molar-refractivity contribution in [2.75, 3.05) is 21.3 Å². The summed E-state index contributed by atoms with van der Waals surface area (Å²) < 4.78 is 13.7. The van der Waals surface area contributed by atoms with Crippen molar-refractivity contribution in [2.24, 2.45) is 5.92 Å². The van der Waals surface area contributed by atoms with E-state index in [2.05, 4.69) is 14.2 Å². The Labute approximate surface area is 218 Å². The second kappa shape index (κ2) is 16.0. The van der Waals surface area contributed by atoms with Crippen LogP contribution in [-0.4, -0.2) is 45.0 Å². The molecule has 0 saturated carbocycles. The largest absolute Gasteiger partial charge is 1.00 e. The van der Waals surface area contributed by atoms with Crippen LogP contribution in [0, 0.1) is 5.92 Å². The van der Waals surface area contributed by atoms with Gasteiger partial charge in [-0.2, -0.15) is 0 Å². The third-order valence-corrected chi connectivity index (χ3v) is 4.48. The van der Waals surface area contributed by atoms with Crippen LogP contribution in [0.4, 0.5) is 0 Å². The molecule has 0 amide bonds. The molecular formula is C25H31NaO7. The average molecular weight is 467 g/mol. The first kappa shape index (κ1) is 32.4. The van der Waals surface area contributed by atoms with Gasteiger partial charge in [0.05, 0.1) is 26.9 Å². The van der Waals surface area contributed by atoms with Crippen molar-refractivity contribution in [1.82, 2.24) is 0 Å². The SMILES string of the molecule is C.C.COC(=O)/C=C/c1ccccc1C(=O)OC.COC(=O)C1Cc2ccccc2C1=O.[H-].[Na+]. The number of esters is 3. The topological polar surface area (TPSA) is 96.0 Å². The van der Waals surface area contributed by atoms with E-state index in [9.17, 15) is 19.2 Å². The van der Waals surface area contributed by atoms with Gasteiger partial charge in [-0.3, -0.25) is 9.59 Å². The van der Waals surface area contributed by atoms with Crippen molar-refractivity contribution in [3.8, 4) is 0 Å². The summed E-state index contributed by atoms with van der Waals surface area (Å²) in [6.45, 7) is 0. The molecule has 1 aliphatic rings. The summed E-state index contributed by atoms with van der Waals surface area (Å²) in [4.78, 5) is 45.2. The Kier molecular flexibility index (Phi) is 15.7. The molecule has 174 valence electrons. The Hall–Kier alpha value is -2.74. The number of hydrogen-bond acceptors (Lipinski definition) is 7. The summed E-state index contributed by atoms with van der Waals surface area (Å²) in [5.74, 6) is -2.10. The molecule has 0 fully saturated rings. The molecule has 0 radical (unpaired) electrons. The van der Waals surface area contributed by atoms with E-state index in [0.29, 0.717) is 23.1 Å². The van der Waals surface area contributed by atoms with Crippen molar-refractivity contribution in [3.63, 3.8) is 0 Å². The average Bonchev–Trinajstić information content (AvgIpc) is 3.13. The number of hydrogen-bond donors (Lipinski definition) is 0. The maximum absolute atomic E-state index is 11.7. The molecular weight excluding hydrogens is 435 g/mol. The summed E-state index contributed by atoms with van der Waals surface area (Å²) in [7, 11) is 3.90. The second-order valence-corrected chi connectivity index (χ2v) is 6.24. The predicted octanol–water partition coefficient (Wildman–Crippen LogP) is 1.26. The molecule has 1 aliphatic carbocycles. The monoisotopic (exact) mass is 466 g/mol. The van der Waals surface area contributed by atoms with Crippen LogP contribution in [0.15, 0.2) is 54.6 Å². The standard InChI is InChI=1S/C12H12O4.C11H10O3.2CH4.Na.H/c1-15-11(13)8-7-9-5-3-4-6-10(9)12(14)16-2;1-14-11(13)9-6-7-4-2-3-5-8(7)10(9)12;;;;/h3-8H,1-2H3;2-5,9H,6H2,1H3;2*1H4;;/q;;;;+1;-1/b8-7+;;;;;. The molecule has 0 heterocycles. The molecule has 0 N–H and O–H groups in total. The minimum atomic E-state index is -0.627. The first-order chi connectivity index (χ1) is 14.4. The van der Waals surface area contributed by atoms with Gasteiger partial charge in [-0.25, -0.2) is 9.59 Å². The molecule has 1 atom stereocenters. The summed E-state index contributed by atoms with van der Waals surface area (Å²) in [5, 5.41) is 0. The van der Waals surface area contributed by atoms with Gasteiger partial charge >= 0.3 is 47.5 Å². The van der Waals surface area contributed by atoms with Crippen molar-refractivity contribution >= 4 is 29.8 Å². The van der Waals surface area contributed by atoms with Crippen LogP contribution in [0.25, 0.3) is 6.08 Å². The van der Waals surface area contributed by atoms with E-state index < -0.39 is 23.8 Å². The van der Waals surface area contributed by atoms with Gasteiger partial charge in [-0.1, -0.05) is 57.3 Å². The number of rotatable bonds is 4. The molecule has 0 aliphatic heterocycles. The summed E-state index contributed by atoms with van der Waals surface area (Å²) >= 11 is 0. The minimum Gasteiger partial charge on any atom is -1.00 e. The number of ether oxygens (including phenoxy) is 3. The van der Waals surface area contributed by atoms with Crippen LogP contribution >= 0.6 is 0 Å². The normalized spacial score (nSPS) is 13.1. The zero-order valence-electron chi connectivity index (χ0n) is 18.9. The zero-order valence-corrected chi connectivity index (χ0v) is 19.9. The van der Waals surface area contributed by atoms with Gasteiger partial charge in [0.2, 0.25) is 0 Å². The maximum atomic E-state index is 11.7. The Bertz CT molecular complexity index is 989. The van der Waals surface area contributed by atoms with Crippen molar-refractivity contribution in [1.29, 1.82) is 0 Å². The Balaban J connectivity index is -0.000000508. The third kappa shape index (κ3) is 8.61. The number of methoxy groups -OCH3 is 3. The number of carbonyl (C=O) groups excluding carboxylic acids is 4. The molecule has 1 unspecified atom stereocenters. The van der Waals surface area contributed by atoms with E-state index >= 15 is 0 Å². The molecule has 8 heteroatoms. The van der Waals surface area contributed by atoms with Crippen LogP contribution in [-0.2, 0) is 30.2 Å². The number of carbonyl (C=O) groups is 4. The Morgan fingerprint density at radius 3 is 2.09 bits per heavy atom. The van der Waals surface area contributed by atoms with Crippen molar-refractivity contribution in [3.05, 3.63) is 76.9 Å². The minimum absolute atomic E-state index is 0. The summed E-state index contributed by atoms with van der Waals surface area (Å²) in [6.07, 6.45) is 3.24. The Morgan fingerprint density at radius 2 is 1.52 bits per heavy atom. The molecule has 0 bridgehead atoms. The molecule has 2 aromatic rings. The van der Waals surface area contributed by atoms with E-state index in [-0.39, 0.29) is 51.6 Å². The van der Waals surface area contributed by atoms with Crippen LogP contribution in [0.3, 0.4) is 0 Å². The fourth-order valence-electron chi connectivity index (χ4n) is 2.94. The smallest absolute Gasteiger partial charge is 1.00 e. The number of ketones is 1. The van der Waals surface area contributed by atoms with Crippen LogP contribution in [0.2, 0.25) is 0 Å². The molecule has 0 spiro atoms. The van der Waals surface area contributed by atoms with Gasteiger partial charge in [-0.15, -0.1) is 0 Å². The summed E-state index contributed by atoms with van der Waals surface area (Å²) in [5.41, 5.74) is 2.61. The molecule has 0 saturated heterocycles. The number of Topliss-reactive ketones (excluding diaryl/α,β-unsaturated/α-hetero) is 1. The van der Waals surface area contributed by atoms with E-state index in [0.717, 1.165) is 5.56 Å². The first-order valence-electron chi connectivity index (χ1n) is 9.06. The zero-order chi connectivity index (χ0) is 22.1. The van der Waals surface area contributed by atoms with E-state index in [4.69, 9.17) is 0 Å². The molecule has 2 aromatic carbocycles. The van der Waals surface area contributed by atoms with Gasteiger partial charge < -0.3 is 15.6 Å². The quantitative estimate of drug-likeness (QED) is 0.220. The van der Waals surface area contributed by atoms with Crippen molar-refractivity contribution < 1.29 is 64.4 Å². The third-order valence-electron chi connectivity index (χ3n) is 4.48. The van der Waals surface area contributed by atoms with Crippen molar-refractivity contribution in [2.45, 2.75) is 21.3 Å². The number of fused-ring (bicyclic) bond motifs is 1. The van der Waals surface area contributed by atoms with Crippen LogP contribution in [0.1, 0.15) is 48.1 Å². The predicted molar refractivity (Wildman–Crippen MR) is 123 cm³/mol. The molecule has 33 heavy (non-hydrogen) atoms. The summed E-state index contributed by atoms with van der Waals surface area (Å²) in [6, 6.07) is 14.1. The second-order valence-electron chi connectivity index (χ2n) is 6.24. The van der Waals surface area contributed by atoms with Gasteiger partial charge in [0.15, 0.2) is 5.78 Å². The van der Waals surface area contributed by atoms with E-state index in [1.807, 2.05) is 12.1 Å². The van der Waals surface area contributed by atoms with Gasteiger partial charge in [0, 0.05) is 11.6 Å². The van der Waals surface area contributed by atoms with Crippen LogP contribution < -0.4 is 29.6 Å². The van der Waals surface area contributed by atoms with E-state index in [1.165, 1.54) is 33.5 Å². The molecule has 3 rings (SSSR count). The fraction of sp³-hybridized carbons (Fsp3) is 0.280. The van der Waals surface area contributed by atoms with Gasteiger partial charge in [-0.05, 0) is 29.7 Å². The fourth-order valence-corrected chi connectivity index (χ4v) is 2.94.